The van der Waals surface area contributed by atoms with Crippen molar-refractivity contribution < 1.29 is 28.7 Å². The number of amides is 4. The first-order valence-corrected chi connectivity index (χ1v) is 18.1. The number of fused-ring (bicyclic) bond motifs is 2. The van der Waals surface area contributed by atoms with E-state index in [0.29, 0.717) is 46.2 Å². The quantitative estimate of drug-likeness (QED) is 0.0696. The maximum absolute atomic E-state index is 13.7. The van der Waals surface area contributed by atoms with Gasteiger partial charge in [0.1, 0.15) is 10.7 Å². The molecule has 0 aliphatic carbocycles. The molecule has 2 aromatic heterocycles. The number of rotatable bonds is 11. The van der Waals surface area contributed by atoms with Gasteiger partial charge in [-0.1, -0.05) is 42.5 Å². The molecule has 0 saturated carbocycles. The van der Waals surface area contributed by atoms with Gasteiger partial charge in [-0.2, -0.15) is 0 Å². The van der Waals surface area contributed by atoms with Crippen LogP contribution in [0.2, 0.25) is 0 Å². The summed E-state index contributed by atoms with van der Waals surface area (Å²) in [6.45, 7) is 4.29. The van der Waals surface area contributed by atoms with Crippen LogP contribution in [0.5, 0.6) is 0 Å². The number of esters is 1. The van der Waals surface area contributed by atoms with Gasteiger partial charge in [0.25, 0.3) is 11.8 Å². The third-order valence-corrected chi connectivity index (χ3v) is 10.3. The molecule has 11 nitrogen and oxygen atoms in total. The molecule has 0 fully saturated rings. The molecule has 0 spiro atoms. The summed E-state index contributed by atoms with van der Waals surface area (Å²) in [5.74, 6) is -1.81. The maximum Gasteiger partial charge on any atom is 0.341 e. The number of benzene rings is 3. The average molecular weight is 722 g/mol. The van der Waals surface area contributed by atoms with Crippen molar-refractivity contribution in [3.05, 3.63) is 118 Å². The summed E-state index contributed by atoms with van der Waals surface area (Å²) in [6.07, 6.45) is 3.90. The van der Waals surface area contributed by atoms with Gasteiger partial charge in [0.15, 0.2) is 0 Å². The van der Waals surface area contributed by atoms with Gasteiger partial charge in [-0.15, -0.1) is 23.1 Å². The number of anilines is 2. The summed E-state index contributed by atoms with van der Waals surface area (Å²) < 4.78 is 5.30. The van der Waals surface area contributed by atoms with E-state index >= 15 is 0 Å². The number of carbonyl (C=O) groups is 5. The number of para-hydroxylation sites is 1. The van der Waals surface area contributed by atoms with Crippen molar-refractivity contribution in [1.29, 1.82) is 0 Å². The van der Waals surface area contributed by atoms with Crippen molar-refractivity contribution in [2.24, 2.45) is 0 Å². The average Bonchev–Trinajstić information content (AvgIpc) is 3.71. The third-order valence-electron chi connectivity index (χ3n) is 8.15. The zero-order valence-corrected chi connectivity index (χ0v) is 29.5. The largest absolute Gasteiger partial charge is 0.462 e. The van der Waals surface area contributed by atoms with E-state index < -0.39 is 17.8 Å². The number of aromatic nitrogens is 1. The van der Waals surface area contributed by atoms with Crippen LogP contribution in [0.4, 0.5) is 10.7 Å². The highest BCUT2D eigenvalue weighted by molar-refractivity contribution is 8.00. The van der Waals surface area contributed by atoms with Crippen LogP contribution in [0.15, 0.2) is 95.7 Å². The lowest BCUT2D eigenvalue weighted by molar-refractivity contribution is -0.129. The summed E-state index contributed by atoms with van der Waals surface area (Å²) in [5, 5.41) is 9.82. The molecule has 0 saturated heterocycles. The van der Waals surface area contributed by atoms with Gasteiger partial charge in [-0.05, 0) is 61.4 Å². The molecule has 4 amide bonds. The van der Waals surface area contributed by atoms with Crippen molar-refractivity contribution >= 4 is 80.4 Å². The topological polar surface area (TPSA) is 150 Å². The minimum atomic E-state index is -0.527. The van der Waals surface area contributed by atoms with Crippen LogP contribution in [0, 0.1) is 0 Å². The molecule has 3 aromatic carbocycles. The zero-order valence-electron chi connectivity index (χ0n) is 27.9. The van der Waals surface area contributed by atoms with Gasteiger partial charge in [-0.25, -0.2) is 4.79 Å². The Morgan fingerprint density at radius 1 is 0.980 bits per heavy atom. The molecule has 0 bridgehead atoms. The first kappa shape index (κ1) is 35.2. The fourth-order valence-electron chi connectivity index (χ4n) is 5.66. The normalized spacial score (nSPS) is 12.6. The Morgan fingerprint density at radius 2 is 1.76 bits per heavy atom. The SMILES string of the molecule is CCOC(=O)c1c(NC(=O)CSc2cccc(NC(=O)/C(=C/c3c[nH]c4ccccc34)NC(=O)c3ccccc3)c2)sc2c1CCN(C(C)=O)C2. The Bertz CT molecular complexity index is 2160. The van der Waals surface area contributed by atoms with Gasteiger partial charge < -0.3 is 30.6 Å². The maximum atomic E-state index is 13.7. The number of H-pyrrole nitrogens is 1. The Hall–Kier alpha value is -5.66. The fourth-order valence-corrected chi connectivity index (χ4v) is 7.69. The molecule has 13 heteroatoms. The minimum Gasteiger partial charge on any atom is -0.462 e. The smallest absolute Gasteiger partial charge is 0.341 e. The number of hydrogen-bond donors (Lipinski definition) is 4. The Kier molecular flexibility index (Phi) is 11.0. The van der Waals surface area contributed by atoms with Gasteiger partial charge in [0.2, 0.25) is 11.8 Å². The highest BCUT2D eigenvalue weighted by Gasteiger charge is 2.30. The number of carbonyl (C=O) groups excluding carboxylic acids is 5. The number of aromatic amines is 1. The van der Waals surface area contributed by atoms with Crippen molar-refractivity contribution in [2.45, 2.75) is 31.7 Å². The van der Waals surface area contributed by atoms with Crippen molar-refractivity contribution in [3.63, 3.8) is 0 Å². The van der Waals surface area contributed by atoms with Crippen LogP contribution in [0.25, 0.3) is 17.0 Å². The Labute approximate surface area is 302 Å². The van der Waals surface area contributed by atoms with Crippen LogP contribution in [-0.2, 0) is 32.1 Å². The monoisotopic (exact) mass is 721 g/mol. The number of nitrogens with one attached hydrogen (secondary N) is 4. The molecule has 5 aromatic rings. The first-order chi connectivity index (χ1) is 24.7. The van der Waals surface area contributed by atoms with Crippen LogP contribution < -0.4 is 16.0 Å². The summed E-state index contributed by atoms with van der Waals surface area (Å²) in [5.41, 5.74) is 3.69. The molecule has 0 radical (unpaired) electrons. The lowest BCUT2D eigenvalue weighted by atomic mass is 10.0. The van der Waals surface area contributed by atoms with Crippen LogP contribution >= 0.6 is 23.1 Å². The lowest BCUT2D eigenvalue weighted by Crippen LogP contribution is -2.34. The summed E-state index contributed by atoms with van der Waals surface area (Å²) >= 11 is 2.54. The highest BCUT2D eigenvalue weighted by atomic mass is 32.2. The summed E-state index contributed by atoms with van der Waals surface area (Å²) in [7, 11) is 0. The van der Waals surface area contributed by atoms with E-state index in [1.807, 2.05) is 30.3 Å². The highest BCUT2D eigenvalue weighted by Crippen LogP contribution is 2.38. The van der Waals surface area contributed by atoms with Crippen molar-refractivity contribution in [1.82, 2.24) is 15.2 Å². The second-order valence-electron chi connectivity index (χ2n) is 11.6. The zero-order chi connectivity index (χ0) is 35.9. The van der Waals surface area contributed by atoms with Gasteiger partial charge >= 0.3 is 5.97 Å². The van der Waals surface area contributed by atoms with Gasteiger partial charge in [0, 0.05) is 57.2 Å². The molecule has 260 valence electrons. The van der Waals surface area contributed by atoms with Crippen LogP contribution in [0.3, 0.4) is 0 Å². The van der Waals surface area contributed by atoms with Gasteiger partial charge in [0.05, 0.1) is 24.5 Å². The fraction of sp³-hybridized carbons (Fsp3) is 0.184. The van der Waals surface area contributed by atoms with Crippen LogP contribution in [0.1, 0.15) is 50.6 Å². The van der Waals surface area contributed by atoms with E-state index in [0.717, 1.165) is 26.9 Å². The lowest BCUT2D eigenvalue weighted by Gasteiger charge is -2.25. The molecule has 6 rings (SSSR count). The van der Waals surface area contributed by atoms with Crippen molar-refractivity contribution in [3.8, 4) is 0 Å². The number of thioether (sulfide) groups is 1. The molecule has 0 unspecified atom stereocenters. The minimum absolute atomic E-state index is 0.0284. The molecular weight excluding hydrogens is 687 g/mol. The van der Waals surface area contributed by atoms with E-state index in [9.17, 15) is 24.0 Å². The Balaban J connectivity index is 1.15. The second kappa shape index (κ2) is 15.9. The predicted octanol–water partition coefficient (Wildman–Crippen LogP) is 6.45. The molecule has 0 atom stereocenters. The standard InChI is InChI=1S/C38H35N5O6S2/c1-3-49-38(48)34-29-16-17-43(23(2)44)21-32(29)51-37(34)42-33(45)22-50-27-13-9-12-26(19-27)40-36(47)31(41-35(46)24-10-5-4-6-11-24)18-25-20-39-30-15-8-7-14-28(25)30/h4-15,18-20,39H,3,16-17,21-22H2,1-2H3,(H,40,47)(H,41,46)(H,42,45)/b31-18-. The molecule has 4 N–H and O–H groups in total. The van der Waals surface area contributed by atoms with E-state index in [4.69, 9.17) is 4.74 Å². The summed E-state index contributed by atoms with van der Waals surface area (Å²) in [4.78, 5) is 71.3. The molecule has 1 aliphatic rings. The van der Waals surface area contributed by atoms with E-state index in [-0.39, 0.29) is 29.9 Å². The molecular formula is C38H35N5O6S2. The number of thiophene rings is 1. The Morgan fingerprint density at radius 3 is 2.55 bits per heavy atom. The number of ether oxygens (including phenoxy) is 1. The molecule has 51 heavy (non-hydrogen) atoms. The number of hydrogen-bond acceptors (Lipinski definition) is 8. The molecule has 3 heterocycles. The van der Waals surface area contributed by atoms with Gasteiger partial charge in [-0.3, -0.25) is 19.2 Å². The van der Waals surface area contributed by atoms with E-state index in [1.165, 1.54) is 30.0 Å². The van der Waals surface area contributed by atoms with Crippen molar-refractivity contribution in [2.75, 3.05) is 29.5 Å². The predicted molar refractivity (Wildman–Crippen MR) is 200 cm³/mol. The third kappa shape index (κ3) is 8.39. The van der Waals surface area contributed by atoms with E-state index in [2.05, 4.69) is 20.9 Å². The first-order valence-electron chi connectivity index (χ1n) is 16.3. The number of nitrogens with zero attached hydrogens (tertiary/aromatic N) is 1. The summed E-state index contributed by atoms with van der Waals surface area (Å²) in [6, 6.07) is 23.3. The van der Waals surface area contributed by atoms with Crippen LogP contribution in [-0.4, -0.2) is 58.4 Å². The van der Waals surface area contributed by atoms with E-state index in [1.54, 1.807) is 72.6 Å². The molecule has 1 aliphatic heterocycles. The second-order valence-corrected chi connectivity index (χ2v) is 13.8.